The zero-order chi connectivity index (χ0) is 14.7. The molecule has 1 aliphatic heterocycles. The third kappa shape index (κ3) is 4.41. The fraction of sp³-hybridized carbons (Fsp3) is 0.733. The second-order valence-corrected chi connectivity index (χ2v) is 6.75. The summed E-state index contributed by atoms with van der Waals surface area (Å²) in [7, 11) is 0. The van der Waals surface area contributed by atoms with Crippen molar-refractivity contribution in [1.29, 1.82) is 0 Å². The Morgan fingerprint density at radius 2 is 2.33 bits per heavy atom. The summed E-state index contributed by atoms with van der Waals surface area (Å²) in [6.07, 6.45) is 3.10. The summed E-state index contributed by atoms with van der Waals surface area (Å²) in [5.41, 5.74) is 7.16. The second kappa shape index (κ2) is 8.11. The lowest BCUT2D eigenvalue weighted by Gasteiger charge is -2.34. The normalized spacial score (nSPS) is 21.5. The zero-order valence-corrected chi connectivity index (χ0v) is 14.7. The lowest BCUT2D eigenvalue weighted by atomic mass is 9.95. The molecule has 0 spiro atoms. The van der Waals surface area contributed by atoms with Crippen molar-refractivity contribution in [2.24, 2.45) is 11.7 Å². The zero-order valence-electron chi connectivity index (χ0n) is 13.0. The van der Waals surface area contributed by atoms with Crippen LogP contribution in [0, 0.1) is 12.8 Å². The highest BCUT2D eigenvalue weighted by molar-refractivity contribution is 7.09. The highest BCUT2D eigenvalue weighted by Crippen LogP contribution is 2.29. The maximum Gasteiger partial charge on any atom is 0.239 e. The molecule has 6 heteroatoms. The number of thiazole rings is 1. The molecule has 1 aliphatic rings. The average Bonchev–Trinajstić information content (AvgIpc) is 2.91. The van der Waals surface area contributed by atoms with Gasteiger partial charge in [0.15, 0.2) is 0 Å². The van der Waals surface area contributed by atoms with Gasteiger partial charge >= 0.3 is 0 Å². The molecule has 0 aromatic carbocycles. The Morgan fingerprint density at radius 1 is 1.62 bits per heavy atom. The van der Waals surface area contributed by atoms with E-state index in [2.05, 4.69) is 17.3 Å². The van der Waals surface area contributed by atoms with E-state index in [4.69, 9.17) is 5.73 Å². The van der Waals surface area contributed by atoms with Gasteiger partial charge in [-0.05, 0) is 25.7 Å². The van der Waals surface area contributed by atoms with Crippen molar-refractivity contribution >= 4 is 29.7 Å². The first-order valence-electron chi connectivity index (χ1n) is 7.49. The molecule has 1 aromatic heterocycles. The first-order valence-corrected chi connectivity index (χ1v) is 8.37. The van der Waals surface area contributed by atoms with E-state index in [0.29, 0.717) is 5.92 Å². The standard InChI is InChI=1S/C15H25N3OS.ClH/c1-4-10(2)13(16)15(19)18-7-5-6-12(8-18)14-17-11(3)9-20-14;/h9-10,12-13H,4-8,16H2,1-3H3;1H. The molecule has 1 amide bonds. The van der Waals surface area contributed by atoms with Gasteiger partial charge in [0.2, 0.25) is 5.91 Å². The maximum atomic E-state index is 12.5. The van der Waals surface area contributed by atoms with Gasteiger partial charge in [0, 0.05) is 30.1 Å². The maximum absolute atomic E-state index is 12.5. The highest BCUT2D eigenvalue weighted by Gasteiger charge is 2.30. The molecule has 2 rings (SSSR count). The molecular weight excluding hydrogens is 306 g/mol. The largest absolute Gasteiger partial charge is 0.341 e. The second-order valence-electron chi connectivity index (χ2n) is 5.86. The van der Waals surface area contributed by atoms with Gasteiger partial charge in [-0.15, -0.1) is 23.7 Å². The predicted molar refractivity (Wildman–Crippen MR) is 90.1 cm³/mol. The van der Waals surface area contributed by atoms with Crippen LogP contribution in [-0.2, 0) is 4.79 Å². The van der Waals surface area contributed by atoms with Crippen LogP contribution < -0.4 is 5.73 Å². The molecule has 2 N–H and O–H groups in total. The molecule has 120 valence electrons. The topological polar surface area (TPSA) is 59.2 Å². The summed E-state index contributed by atoms with van der Waals surface area (Å²) >= 11 is 1.71. The van der Waals surface area contributed by atoms with Crippen molar-refractivity contribution in [3.63, 3.8) is 0 Å². The van der Waals surface area contributed by atoms with Gasteiger partial charge in [0.1, 0.15) is 0 Å². The molecule has 0 bridgehead atoms. The number of hydrogen-bond donors (Lipinski definition) is 1. The van der Waals surface area contributed by atoms with Crippen LogP contribution in [0.2, 0.25) is 0 Å². The van der Waals surface area contributed by atoms with E-state index in [1.807, 2.05) is 18.7 Å². The van der Waals surface area contributed by atoms with Crippen LogP contribution in [0.1, 0.15) is 49.7 Å². The lowest BCUT2D eigenvalue weighted by Crippen LogP contribution is -2.50. The van der Waals surface area contributed by atoms with Crippen molar-refractivity contribution in [2.45, 2.75) is 52.0 Å². The number of amides is 1. The van der Waals surface area contributed by atoms with Gasteiger partial charge in [0.05, 0.1) is 11.0 Å². The summed E-state index contributed by atoms with van der Waals surface area (Å²) in [5, 5.41) is 3.25. The Hall–Kier alpha value is -0.650. The number of aromatic nitrogens is 1. The average molecular weight is 332 g/mol. The fourth-order valence-corrected chi connectivity index (χ4v) is 3.57. The number of carbonyl (C=O) groups excluding carboxylic acids is 1. The van der Waals surface area contributed by atoms with Crippen molar-refractivity contribution < 1.29 is 4.79 Å². The number of likely N-dealkylation sites (tertiary alicyclic amines) is 1. The van der Waals surface area contributed by atoms with Crippen LogP contribution in [0.15, 0.2) is 5.38 Å². The first kappa shape index (κ1) is 18.4. The van der Waals surface area contributed by atoms with Gasteiger partial charge in [-0.25, -0.2) is 4.98 Å². The summed E-state index contributed by atoms with van der Waals surface area (Å²) in [6.45, 7) is 7.76. The lowest BCUT2D eigenvalue weighted by molar-refractivity contribution is -0.135. The van der Waals surface area contributed by atoms with Gasteiger partial charge in [-0.2, -0.15) is 0 Å². The minimum absolute atomic E-state index is 0. The fourth-order valence-electron chi connectivity index (χ4n) is 2.65. The number of nitrogens with zero attached hydrogens (tertiary/aromatic N) is 2. The van der Waals surface area contributed by atoms with E-state index in [1.54, 1.807) is 11.3 Å². The van der Waals surface area contributed by atoms with Crippen LogP contribution >= 0.6 is 23.7 Å². The molecule has 3 unspecified atom stereocenters. The summed E-state index contributed by atoms with van der Waals surface area (Å²) in [6, 6.07) is -0.364. The summed E-state index contributed by atoms with van der Waals surface area (Å²) in [5.74, 6) is 0.734. The number of piperidine rings is 1. The number of hydrogen-bond acceptors (Lipinski definition) is 4. The van der Waals surface area contributed by atoms with E-state index in [1.165, 1.54) is 0 Å². The third-order valence-electron chi connectivity index (χ3n) is 4.26. The number of nitrogens with two attached hydrogens (primary N) is 1. The number of carbonyl (C=O) groups is 1. The molecule has 1 fully saturated rings. The molecule has 3 atom stereocenters. The molecule has 0 saturated carbocycles. The van der Waals surface area contributed by atoms with E-state index in [9.17, 15) is 4.79 Å². The minimum Gasteiger partial charge on any atom is -0.341 e. The SMILES string of the molecule is CCC(C)C(N)C(=O)N1CCCC(c2nc(C)cs2)C1.Cl. The Bertz CT molecular complexity index is 466. The molecule has 2 heterocycles. The predicted octanol–water partition coefficient (Wildman–Crippen LogP) is 2.95. The quantitative estimate of drug-likeness (QED) is 0.922. The number of rotatable bonds is 4. The van der Waals surface area contributed by atoms with Gasteiger partial charge in [-0.1, -0.05) is 20.3 Å². The Kier molecular flexibility index (Phi) is 7.10. The molecular formula is C15H26ClN3OS. The van der Waals surface area contributed by atoms with Gasteiger partial charge in [0.25, 0.3) is 0 Å². The summed E-state index contributed by atoms with van der Waals surface area (Å²) in [4.78, 5) is 19.0. The monoisotopic (exact) mass is 331 g/mol. The van der Waals surface area contributed by atoms with Crippen molar-refractivity contribution in [3.05, 3.63) is 16.1 Å². The van der Waals surface area contributed by atoms with Crippen LogP contribution in [0.4, 0.5) is 0 Å². The Balaban J connectivity index is 0.00000220. The molecule has 1 saturated heterocycles. The molecule has 4 nitrogen and oxygen atoms in total. The Morgan fingerprint density at radius 3 is 2.90 bits per heavy atom. The van der Waals surface area contributed by atoms with Gasteiger partial charge < -0.3 is 10.6 Å². The smallest absolute Gasteiger partial charge is 0.239 e. The van der Waals surface area contributed by atoms with Crippen molar-refractivity contribution in [2.75, 3.05) is 13.1 Å². The van der Waals surface area contributed by atoms with Gasteiger partial charge in [-0.3, -0.25) is 4.79 Å². The third-order valence-corrected chi connectivity index (χ3v) is 5.39. The van der Waals surface area contributed by atoms with Crippen LogP contribution in [0.25, 0.3) is 0 Å². The van der Waals surface area contributed by atoms with E-state index in [-0.39, 0.29) is 30.3 Å². The molecule has 1 aromatic rings. The van der Waals surface area contributed by atoms with Crippen LogP contribution in [0.3, 0.4) is 0 Å². The first-order chi connectivity index (χ1) is 9.52. The van der Waals surface area contributed by atoms with Crippen LogP contribution in [0.5, 0.6) is 0 Å². The molecule has 0 aliphatic carbocycles. The van der Waals surface area contributed by atoms with E-state index in [0.717, 1.165) is 43.1 Å². The minimum atomic E-state index is -0.364. The van der Waals surface area contributed by atoms with Crippen molar-refractivity contribution in [3.8, 4) is 0 Å². The van der Waals surface area contributed by atoms with Crippen LogP contribution in [-0.4, -0.2) is 34.9 Å². The number of halogens is 1. The van der Waals surface area contributed by atoms with E-state index < -0.39 is 0 Å². The Labute approximate surface area is 137 Å². The number of aryl methyl sites for hydroxylation is 1. The highest BCUT2D eigenvalue weighted by atomic mass is 35.5. The summed E-state index contributed by atoms with van der Waals surface area (Å²) < 4.78 is 0. The van der Waals surface area contributed by atoms with E-state index >= 15 is 0 Å². The van der Waals surface area contributed by atoms with Crippen molar-refractivity contribution in [1.82, 2.24) is 9.88 Å². The molecule has 21 heavy (non-hydrogen) atoms. The molecule has 0 radical (unpaired) electrons.